The minimum Gasteiger partial charge on any atom is -0.361 e. The summed E-state index contributed by atoms with van der Waals surface area (Å²) in [4.78, 5) is 24.5. The lowest BCUT2D eigenvalue weighted by Crippen LogP contribution is -2.52. The second kappa shape index (κ2) is 7.06. The number of aryl methyl sites for hydroxylation is 1. The van der Waals surface area contributed by atoms with Crippen molar-refractivity contribution in [2.75, 3.05) is 10.6 Å². The lowest BCUT2D eigenvalue weighted by atomic mass is 9.82. The van der Waals surface area contributed by atoms with Crippen molar-refractivity contribution in [2.24, 2.45) is 5.73 Å². The largest absolute Gasteiger partial charge is 0.361 e. The zero-order chi connectivity index (χ0) is 17.9. The maximum Gasteiger partial charge on any atom is 0.260 e. The Balaban J connectivity index is 1.61. The second-order valence-electron chi connectivity index (χ2n) is 6.50. The standard InChI is InChI=1S/C18H22N4O3/c1-12-15(11-20-25-12)16(23)21-13-5-7-14(8-6-13)22-17(24)18(19)9-3-2-4-10-18/h5-8,11H,2-4,9-10,19H2,1H3,(H,21,23)(H,22,24). The van der Waals surface area contributed by atoms with Crippen LogP contribution in [0, 0.1) is 6.92 Å². The summed E-state index contributed by atoms with van der Waals surface area (Å²) in [7, 11) is 0. The Hall–Kier alpha value is -2.67. The van der Waals surface area contributed by atoms with Gasteiger partial charge in [-0.05, 0) is 44.0 Å². The monoisotopic (exact) mass is 342 g/mol. The molecule has 0 aliphatic heterocycles. The third-order valence-electron chi connectivity index (χ3n) is 4.59. The number of aromatic nitrogens is 1. The van der Waals surface area contributed by atoms with Gasteiger partial charge in [-0.2, -0.15) is 0 Å². The molecule has 0 spiro atoms. The minimum atomic E-state index is -0.781. The molecule has 1 aliphatic carbocycles. The van der Waals surface area contributed by atoms with E-state index in [1.165, 1.54) is 6.20 Å². The molecule has 0 bridgehead atoms. The third-order valence-corrected chi connectivity index (χ3v) is 4.59. The van der Waals surface area contributed by atoms with Crippen LogP contribution in [0.2, 0.25) is 0 Å². The van der Waals surface area contributed by atoms with Gasteiger partial charge < -0.3 is 20.9 Å². The first-order valence-corrected chi connectivity index (χ1v) is 8.41. The molecule has 1 saturated carbocycles. The van der Waals surface area contributed by atoms with Gasteiger partial charge in [-0.15, -0.1) is 0 Å². The summed E-state index contributed by atoms with van der Waals surface area (Å²) in [6.45, 7) is 1.68. The Bertz CT molecular complexity index is 761. The summed E-state index contributed by atoms with van der Waals surface area (Å²) in [5.74, 6) is 0.0184. The number of nitrogens with zero attached hydrogens (tertiary/aromatic N) is 1. The van der Waals surface area contributed by atoms with Crippen LogP contribution in [0.15, 0.2) is 35.0 Å². The molecule has 0 unspecified atom stereocenters. The van der Waals surface area contributed by atoms with Crippen LogP contribution in [-0.2, 0) is 4.79 Å². The van der Waals surface area contributed by atoms with E-state index in [0.29, 0.717) is 35.5 Å². The summed E-state index contributed by atoms with van der Waals surface area (Å²) >= 11 is 0. The Morgan fingerprint density at radius 1 is 1.08 bits per heavy atom. The highest BCUT2D eigenvalue weighted by Crippen LogP contribution is 2.27. The zero-order valence-corrected chi connectivity index (χ0v) is 14.2. The minimum absolute atomic E-state index is 0.149. The van der Waals surface area contributed by atoms with E-state index in [1.54, 1.807) is 31.2 Å². The summed E-state index contributed by atoms with van der Waals surface area (Å²) in [5, 5.41) is 9.21. The highest BCUT2D eigenvalue weighted by molar-refractivity contribution is 6.05. The lowest BCUT2D eigenvalue weighted by Gasteiger charge is -2.31. The van der Waals surface area contributed by atoms with Crippen molar-refractivity contribution >= 4 is 23.2 Å². The van der Waals surface area contributed by atoms with Crippen molar-refractivity contribution in [3.05, 3.63) is 41.8 Å². The number of amides is 2. The number of hydrogen-bond acceptors (Lipinski definition) is 5. The normalized spacial score (nSPS) is 16.2. The Morgan fingerprint density at radius 3 is 2.24 bits per heavy atom. The van der Waals surface area contributed by atoms with Gasteiger partial charge in [0.2, 0.25) is 5.91 Å². The summed E-state index contributed by atoms with van der Waals surface area (Å²) in [6, 6.07) is 6.92. The van der Waals surface area contributed by atoms with Crippen LogP contribution in [0.3, 0.4) is 0 Å². The van der Waals surface area contributed by atoms with Crippen LogP contribution < -0.4 is 16.4 Å². The van der Waals surface area contributed by atoms with Crippen molar-refractivity contribution in [1.29, 1.82) is 0 Å². The van der Waals surface area contributed by atoms with Gasteiger partial charge in [0.1, 0.15) is 11.3 Å². The third kappa shape index (κ3) is 3.88. The summed E-state index contributed by atoms with van der Waals surface area (Å²) in [6.07, 6.45) is 5.90. The molecule has 3 rings (SSSR count). The number of carbonyl (C=O) groups is 2. The fraction of sp³-hybridized carbons (Fsp3) is 0.389. The van der Waals surface area contributed by atoms with Gasteiger partial charge in [0.15, 0.2) is 0 Å². The van der Waals surface area contributed by atoms with E-state index < -0.39 is 5.54 Å². The quantitative estimate of drug-likeness (QED) is 0.791. The molecule has 0 atom stereocenters. The number of benzene rings is 1. The molecule has 0 radical (unpaired) electrons. The average molecular weight is 342 g/mol. The van der Waals surface area contributed by atoms with E-state index in [2.05, 4.69) is 15.8 Å². The smallest absolute Gasteiger partial charge is 0.260 e. The average Bonchev–Trinajstić information content (AvgIpc) is 3.03. The first-order chi connectivity index (χ1) is 12.0. The van der Waals surface area contributed by atoms with Crippen molar-refractivity contribution < 1.29 is 14.1 Å². The van der Waals surface area contributed by atoms with Gasteiger partial charge in [-0.25, -0.2) is 0 Å². The fourth-order valence-electron chi connectivity index (χ4n) is 3.02. The van der Waals surface area contributed by atoms with Crippen molar-refractivity contribution in [2.45, 2.75) is 44.6 Å². The number of carbonyl (C=O) groups excluding carboxylic acids is 2. The molecule has 2 amide bonds. The van der Waals surface area contributed by atoms with Crippen molar-refractivity contribution in [1.82, 2.24) is 5.16 Å². The van der Waals surface area contributed by atoms with E-state index in [0.717, 1.165) is 19.3 Å². The molecular formula is C18H22N4O3. The van der Waals surface area contributed by atoms with Gasteiger partial charge in [0.25, 0.3) is 5.91 Å². The SMILES string of the molecule is Cc1oncc1C(=O)Nc1ccc(NC(=O)C2(N)CCCCC2)cc1. The zero-order valence-electron chi connectivity index (χ0n) is 14.2. The summed E-state index contributed by atoms with van der Waals surface area (Å²) in [5.41, 5.74) is 7.11. The Labute approximate surface area is 145 Å². The molecule has 2 aromatic rings. The topological polar surface area (TPSA) is 110 Å². The Kier molecular flexibility index (Phi) is 4.85. The van der Waals surface area contributed by atoms with Gasteiger partial charge in [-0.1, -0.05) is 24.4 Å². The number of hydrogen-bond donors (Lipinski definition) is 3. The van der Waals surface area contributed by atoms with Gasteiger partial charge in [0.05, 0.1) is 11.7 Å². The molecule has 0 saturated heterocycles. The van der Waals surface area contributed by atoms with E-state index in [1.807, 2.05) is 0 Å². The van der Waals surface area contributed by atoms with Crippen LogP contribution in [0.4, 0.5) is 11.4 Å². The van der Waals surface area contributed by atoms with Gasteiger partial charge in [0, 0.05) is 11.4 Å². The number of nitrogens with one attached hydrogen (secondary N) is 2. The first-order valence-electron chi connectivity index (χ1n) is 8.41. The molecule has 1 heterocycles. The van der Waals surface area contributed by atoms with E-state index >= 15 is 0 Å². The summed E-state index contributed by atoms with van der Waals surface area (Å²) < 4.78 is 4.88. The van der Waals surface area contributed by atoms with Crippen molar-refractivity contribution in [3.8, 4) is 0 Å². The molecule has 7 nitrogen and oxygen atoms in total. The van der Waals surface area contributed by atoms with Crippen LogP contribution in [0.25, 0.3) is 0 Å². The molecule has 1 aromatic carbocycles. The predicted molar refractivity (Wildman–Crippen MR) is 94.3 cm³/mol. The van der Waals surface area contributed by atoms with E-state index in [-0.39, 0.29) is 11.8 Å². The van der Waals surface area contributed by atoms with Crippen LogP contribution >= 0.6 is 0 Å². The fourth-order valence-corrected chi connectivity index (χ4v) is 3.02. The molecular weight excluding hydrogens is 320 g/mol. The molecule has 7 heteroatoms. The van der Waals surface area contributed by atoms with Crippen LogP contribution in [0.5, 0.6) is 0 Å². The number of nitrogens with two attached hydrogens (primary N) is 1. The highest BCUT2D eigenvalue weighted by Gasteiger charge is 2.35. The van der Waals surface area contributed by atoms with Crippen LogP contribution in [-0.4, -0.2) is 22.5 Å². The van der Waals surface area contributed by atoms with Gasteiger partial charge >= 0.3 is 0 Å². The Morgan fingerprint density at radius 2 is 1.68 bits per heavy atom. The van der Waals surface area contributed by atoms with E-state index in [4.69, 9.17) is 10.3 Å². The maximum atomic E-state index is 12.4. The number of rotatable bonds is 4. The molecule has 1 fully saturated rings. The highest BCUT2D eigenvalue weighted by atomic mass is 16.5. The maximum absolute atomic E-state index is 12.4. The molecule has 1 aromatic heterocycles. The van der Waals surface area contributed by atoms with Gasteiger partial charge in [-0.3, -0.25) is 9.59 Å². The molecule has 132 valence electrons. The second-order valence-corrected chi connectivity index (χ2v) is 6.50. The van der Waals surface area contributed by atoms with Crippen molar-refractivity contribution in [3.63, 3.8) is 0 Å². The first kappa shape index (κ1) is 17.2. The molecule has 25 heavy (non-hydrogen) atoms. The van der Waals surface area contributed by atoms with Crippen LogP contribution in [0.1, 0.15) is 48.2 Å². The molecule has 4 N–H and O–H groups in total. The van der Waals surface area contributed by atoms with E-state index in [9.17, 15) is 9.59 Å². The number of anilines is 2. The predicted octanol–water partition coefficient (Wildman–Crippen LogP) is 2.84. The lowest BCUT2D eigenvalue weighted by molar-refractivity contribution is -0.122. The molecule has 1 aliphatic rings.